The van der Waals surface area contributed by atoms with Crippen LogP contribution in [0.3, 0.4) is 0 Å². The molecule has 0 bridgehead atoms. The highest BCUT2D eigenvalue weighted by molar-refractivity contribution is 9.10. The molecule has 146 valence electrons. The zero-order valence-electron chi connectivity index (χ0n) is 15.7. The van der Waals surface area contributed by atoms with Crippen molar-refractivity contribution in [1.29, 1.82) is 0 Å². The smallest absolute Gasteiger partial charge is 0.221 e. The first-order valence-electron chi connectivity index (χ1n) is 9.01. The van der Waals surface area contributed by atoms with Crippen LogP contribution in [0.25, 0.3) is 0 Å². The molecule has 0 spiro atoms. The van der Waals surface area contributed by atoms with E-state index in [2.05, 4.69) is 79.0 Å². The van der Waals surface area contributed by atoms with Crippen LogP contribution in [0.15, 0.2) is 48.5 Å². The highest BCUT2D eigenvalue weighted by Gasteiger charge is 2.26. The number of hydrogen-bond acceptors (Lipinski definition) is 4. The van der Waals surface area contributed by atoms with E-state index >= 15 is 0 Å². The maximum atomic E-state index is 12.0. The van der Waals surface area contributed by atoms with Crippen molar-refractivity contribution in [3.05, 3.63) is 65.2 Å². The molecule has 1 aliphatic rings. The van der Waals surface area contributed by atoms with Gasteiger partial charge in [-0.15, -0.1) is 0 Å². The second-order valence-corrected chi connectivity index (χ2v) is 10.2. The molecule has 1 aliphatic heterocycles. The number of halogens is 1. The van der Waals surface area contributed by atoms with Gasteiger partial charge in [0, 0.05) is 45.5 Å². The molecule has 7 heteroatoms. The summed E-state index contributed by atoms with van der Waals surface area (Å²) in [5, 5.41) is 0. The molecule has 2 aromatic carbocycles. The summed E-state index contributed by atoms with van der Waals surface area (Å²) in [6, 6.07) is 16.8. The Bertz CT molecular complexity index is 869. The number of nitrogens with zero attached hydrogens (tertiary/aromatic N) is 2. The number of anilines is 1. The van der Waals surface area contributed by atoms with E-state index in [1.807, 2.05) is 14.1 Å². The minimum Gasteiger partial charge on any atom is -0.378 e. The van der Waals surface area contributed by atoms with Crippen molar-refractivity contribution in [3.8, 4) is 0 Å². The third-order valence-electron chi connectivity index (χ3n) is 5.04. The number of rotatable bonds is 7. The average molecular weight is 452 g/mol. The summed E-state index contributed by atoms with van der Waals surface area (Å²) < 4.78 is 26.6. The fourth-order valence-electron chi connectivity index (χ4n) is 3.48. The van der Waals surface area contributed by atoms with Gasteiger partial charge in [-0.1, -0.05) is 52.3 Å². The Morgan fingerprint density at radius 1 is 1.11 bits per heavy atom. The molecule has 0 radical (unpaired) electrons. The Balaban J connectivity index is 1.85. The highest BCUT2D eigenvalue weighted by atomic mass is 79.9. The van der Waals surface area contributed by atoms with E-state index in [0.717, 1.165) is 30.8 Å². The maximum absolute atomic E-state index is 12.0. The van der Waals surface area contributed by atoms with Gasteiger partial charge in [0.15, 0.2) is 0 Å². The first-order chi connectivity index (χ1) is 12.9. The predicted octanol–water partition coefficient (Wildman–Crippen LogP) is 3.12. The van der Waals surface area contributed by atoms with Crippen molar-refractivity contribution in [2.75, 3.05) is 36.7 Å². The monoisotopic (exact) mass is 451 g/mol. The largest absolute Gasteiger partial charge is 0.378 e. The van der Waals surface area contributed by atoms with Crippen LogP contribution in [0.1, 0.15) is 22.7 Å². The lowest BCUT2D eigenvalue weighted by Gasteiger charge is -2.36. The van der Waals surface area contributed by atoms with Gasteiger partial charge in [0.2, 0.25) is 10.0 Å². The highest BCUT2D eigenvalue weighted by Crippen LogP contribution is 2.29. The van der Waals surface area contributed by atoms with Gasteiger partial charge in [-0.05, 0) is 35.2 Å². The normalized spacial score (nSPS) is 16.0. The summed E-state index contributed by atoms with van der Waals surface area (Å²) in [5.41, 5.74) is 4.96. The van der Waals surface area contributed by atoms with Crippen molar-refractivity contribution in [3.63, 3.8) is 0 Å². The zero-order chi connectivity index (χ0) is 19.4. The number of hydrogen-bond donors (Lipinski definition) is 1. The number of fused-ring (bicyclic) bond motifs is 1. The SMILES string of the molecule is CN(C)c1ccc(C(CNS(=O)(=O)CBr)N2CCc3ccccc3C2)cc1. The molecule has 0 saturated carbocycles. The van der Waals surface area contributed by atoms with Crippen LogP contribution in [0.4, 0.5) is 5.69 Å². The first-order valence-corrected chi connectivity index (χ1v) is 11.8. The van der Waals surface area contributed by atoms with Crippen molar-refractivity contribution in [1.82, 2.24) is 9.62 Å². The van der Waals surface area contributed by atoms with E-state index < -0.39 is 10.0 Å². The van der Waals surface area contributed by atoms with E-state index in [9.17, 15) is 8.42 Å². The Morgan fingerprint density at radius 2 is 1.78 bits per heavy atom. The van der Waals surface area contributed by atoms with Crippen LogP contribution in [-0.2, 0) is 23.0 Å². The number of nitrogens with one attached hydrogen (secondary N) is 1. The van der Waals surface area contributed by atoms with E-state index in [1.54, 1.807) is 0 Å². The first kappa shape index (κ1) is 20.3. The van der Waals surface area contributed by atoms with Gasteiger partial charge in [-0.3, -0.25) is 4.90 Å². The Labute approximate surface area is 170 Å². The molecule has 0 saturated heterocycles. The van der Waals surface area contributed by atoms with Gasteiger partial charge in [0.25, 0.3) is 0 Å². The minimum atomic E-state index is -3.31. The summed E-state index contributed by atoms with van der Waals surface area (Å²) in [5.74, 6) is 0. The van der Waals surface area contributed by atoms with Gasteiger partial charge < -0.3 is 4.90 Å². The second-order valence-electron chi connectivity index (χ2n) is 7.06. The van der Waals surface area contributed by atoms with Gasteiger partial charge in [-0.2, -0.15) is 0 Å². The van der Waals surface area contributed by atoms with Crippen LogP contribution in [0.5, 0.6) is 0 Å². The van der Waals surface area contributed by atoms with Crippen molar-refractivity contribution in [2.45, 2.75) is 19.0 Å². The molecule has 0 amide bonds. The van der Waals surface area contributed by atoms with Gasteiger partial charge >= 0.3 is 0 Å². The fourth-order valence-corrected chi connectivity index (χ4v) is 4.46. The minimum absolute atomic E-state index is 0.0107. The number of benzene rings is 2. The molecule has 0 aromatic heterocycles. The van der Waals surface area contributed by atoms with Crippen LogP contribution in [0, 0.1) is 0 Å². The van der Waals surface area contributed by atoms with Crippen molar-refractivity contribution in [2.24, 2.45) is 0 Å². The summed E-state index contributed by atoms with van der Waals surface area (Å²) in [4.78, 5) is 4.42. The average Bonchev–Trinajstić information content (AvgIpc) is 2.68. The lowest BCUT2D eigenvalue weighted by Crippen LogP contribution is -2.40. The van der Waals surface area contributed by atoms with Crippen LogP contribution in [0.2, 0.25) is 0 Å². The number of sulfonamides is 1. The van der Waals surface area contributed by atoms with Crippen molar-refractivity contribution >= 4 is 31.6 Å². The van der Waals surface area contributed by atoms with Crippen LogP contribution < -0.4 is 9.62 Å². The molecular weight excluding hydrogens is 426 g/mol. The Hall–Kier alpha value is -1.41. The third kappa shape index (κ3) is 5.10. The maximum Gasteiger partial charge on any atom is 0.221 e. The molecular formula is C20H26BrN3O2S. The lowest BCUT2D eigenvalue weighted by atomic mass is 9.96. The molecule has 1 atom stereocenters. The summed E-state index contributed by atoms with van der Waals surface area (Å²) >= 11 is 3.05. The van der Waals surface area contributed by atoms with Crippen molar-refractivity contribution < 1.29 is 8.42 Å². The molecule has 5 nitrogen and oxygen atoms in total. The summed E-state index contributed by atoms with van der Waals surface area (Å²) in [6.45, 7) is 2.09. The Morgan fingerprint density at radius 3 is 2.41 bits per heavy atom. The predicted molar refractivity (Wildman–Crippen MR) is 115 cm³/mol. The zero-order valence-corrected chi connectivity index (χ0v) is 18.1. The molecule has 1 unspecified atom stereocenters. The quantitative estimate of drug-likeness (QED) is 0.656. The molecule has 1 N–H and O–H groups in total. The van der Waals surface area contributed by atoms with E-state index in [4.69, 9.17) is 0 Å². The Kier molecular flexibility index (Phi) is 6.57. The van der Waals surface area contributed by atoms with E-state index in [0.29, 0.717) is 6.54 Å². The van der Waals surface area contributed by atoms with Gasteiger partial charge in [0.05, 0.1) is 0 Å². The van der Waals surface area contributed by atoms with E-state index in [1.165, 1.54) is 11.1 Å². The molecule has 27 heavy (non-hydrogen) atoms. The molecule has 2 aromatic rings. The van der Waals surface area contributed by atoms with Gasteiger partial charge in [0.1, 0.15) is 4.66 Å². The summed E-state index contributed by atoms with van der Waals surface area (Å²) in [6.07, 6.45) is 0.980. The lowest BCUT2D eigenvalue weighted by molar-refractivity contribution is 0.180. The molecule has 1 heterocycles. The third-order valence-corrected chi connectivity index (χ3v) is 7.74. The molecule has 3 rings (SSSR count). The summed E-state index contributed by atoms with van der Waals surface area (Å²) in [7, 11) is 0.713. The standard InChI is InChI=1S/C20H26BrN3O2S/c1-23(2)19-9-7-17(8-10-19)20(13-22-27(25,26)15-21)24-12-11-16-5-3-4-6-18(16)14-24/h3-10,20,22H,11-15H2,1-2H3. The molecule has 0 aliphatic carbocycles. The fraction of sp³-hybridized carbons (Fsp3) is 0.400. The topological polar surface area (TPSA) is 52.7 Å². The second kappa shape index (κ2) is 8.73. The van der Waals surface area contributed by atoms with Gasteiger partial charge in [-0.25, -0.2) is 13.1 Å². The number of alkyl halides is 1. The van der Waals surface area contributed by atoms with Crippen LogP contribution in [-0.4, -0.2) is 45.2 Å². The molecule has 0 fully saturated rings. The van der Waals surface area contributed by atoms with E-state index in [-0.39, 0.29) is 10.7 Å². The van der Waals surface area contributed by atoms with Crippen LogP contribution >= 0.6 is 15.9 Å².